The van der Waals surface area contributed by atoms with E-state index in [4.69, 9.17) is 23.2 Å². The van der Waals surface area contributed by atoms with Crippen LogP contribution in [0.2, 0.25) is 5.02 Å². The first-order valence-electron chi connectivity index (χ1n) is 9.94. The molecule has 2 amide bonds. The molecule has 1 fully saturated rings. The minimum atomic E-state index is -0.738. The highest BCUT2D eigenvalue weighted by Crippen LogP contribution is 2.27. The lowest BCUT2D eigenvalue weighted by molar-refractivity contribution is -0.140. The molecule has 2 aromatic rings. The van der Waals surface area contributed by atoms with Crippen LogP contribution in [0.25, 0.3) is 0 Å². The van der Waals surface area contributed by atoms with E-state index in [1.165, 1.54) is 0 Å². The van der Waals surface area contributed by atoms with E-state index in [0.29, 0.717) is 5.02 Å². The van der Waals surface area contributed by atoms with Crippen LogP contribution in [0.5, 0.6) is 0 Å². The lowest BCUT2D eigenvalue weighted by Crippen LogP contribution is -2.46. The molecule has 4 nitrogen and oxygen atoms in total. The lowest BCUT2D eigenvalue weighted by Gasteiger charge is -2.32. The number of rotatable bonds is 7. The van der Waals surface area contributed by atoms with Gasteiger partial charge in [0.2, 0.25) is 11.8 Å². The Labute approximate surface area is 182 Å². The van der Waals surface area contributed by atoms with Crippen molar-refractivity contribution in [3.63, 3.8) is 0 Å². The van der Waals surface area contributed by atoms with E-state index in [1.807, 2.05) is 43.3 Å². The summed E-state index contributed by atoms with van der Waals surface area (Å²) in [4.78, 5) is 27.7. The van der Waals surface area contributed by atoms with E-state index in [0.717, 1.165) is 42.4 Å². The number of alkyl halides is 1. The van der Waals surface area contributed by atoms with Gasteiger partial charge in [-0.2, -0.15) is 0 Å². The summed E-state index contributed by atoms with van der Waals surface area (Å²) in [5.74, 6) is -0.630. The molecule has 0 unspecified atom stereocenters. The van der Waals surface area contributed by atoms with E-state index >= 15 is 0 Å². The zero-order valence-electron chi connectivity index (χ0n) is 16.5. The highest BCUT2D eigenvalue weighted by molar-refractivity contribution is 6.30. The summed E-state index contributed by atoms with van der Waals surface area (Å²) in [5.41, 5.74) is 2.76. The van der Waals surface area contributed by atoms with Crippen molar-refractivity contribution in [1.82, 2.24) is 10.2 Å². The molecule has 0 aromatic heterocycles. The molecule has 1 N–H and O–H groups in total. The maximum Gasteiger partial charge on any atom is 0.247 e. The van der Waals surface area contributed by atoms with Gasteiger partial charge >= 0.3 is 0 Å². The van der Waals surface area contributed by atoms with E-state index in [-0.39, 0.29) is 30.3 Å². The van der Waals surface area contributed by atoms with Crippen molar-refractivity contribution < 1.29 is 9.59 Å². The van der Waals surface area contributed by atoms with Gasteiger partial charge in [0.05, 0.1) is 0 Å². The fourth-order valence-corrected chi connectivity index (χ4v) is 4.04. The first-order chi connectivity index (χ1) is 14.0. The molecule has 3 rings (SSSR count). The van der Waals surface area contributed by atoms with Gasteiger partial charge in [-0.15, -0.1) is 11.6 Å². The minimum absolute atomic E-state index is 0.159. The Morgan fingerprint density at radius 3 is 2.28 bits per heavy atom. The molecule has 0 radical (unpaired) electrons. The molecule has 154 valence electrons. The Hall–Kier alpha value is -2.04. The average molecular weight is 433 g/mol. The van der Waals surface area contributed by atoms with Crippen LogP contribution in [0.15, 0.2) is 48.5 Å². The summed E-state index contributed by atoms with van der Waals surface area (Å²) in [6.45, 7) is 2.27. The third-order valence-electron chi connectivity index (χ3n) is 5.36. The number of benzene rings is 2. The van der Waals surface area contributed by atoms with Crippen molar-refractivity contribution in [1.29, 1.82) is 0 Å². The zero-order chi connectivity index (χ0) is 20.8. The Kier molecular flexibility index (Phi) is 7.57. The first-order valence-corrected chi connectivity index (χ1v) is 10.9. The van der Waals surface area contributed by atoms with Gasteiger partial charge in [0, 0.05) is 17.6 Å². The molecule has 6 heteroatoms. The molecular weight excluding hydrogens is 407 g/mol. The van der Waals surface area contributed by atoms with Crippen molar-refractivity contribution in [2.45, 2.75) is 51.2 Å². The number of halogens is 2. The van der Waals surface area contributed by atoms with Gasteiger partial charge in [0.1, 0.15) is 11.9 Å². The van der Waals surface area contributed by atoms with Crippen molar-refractivity contribution in [3.05, 3.63) is 70.2 Å². The molecule has 0 aliphatic heterocycles. The SMILES string of the molecule is Cc1ccc([C@H](C(=O)NC2CCCC2)N(Cc2ccc(Cl)cc2)C(=O)CCl)cc1. The number of aryl methyl sites for hydroxylation is 1. The van der Waals surface area contributed by atoms with Gasteiger partial charge in [0.15, 0.2) is 0 Å². The molecular formula is C23H26Cl2N2O2. The predicted molar refractivity (Wildman–Crippen MR) is 117 cm³/mol. The van der Waals surface area contributed by atoms with Crippen LogP contribution >= 0.6 is 23.2 Å². The second-order valence-electron chi connectivity index (χ2n) is 7.58. The summed E-state index contributed by atoms with van der Waals surface area (Å²) in [6.07, 6.45) is 4.20. The summed E-state index contributed by atoms with van der Waals surface area (Å²) in [5, 5.41) is 3.77. The normalized spacial score (nSPS) is 15.1. The van der Waals surface area contributed by atoms with Crippen LogP contribution < -0.4 is 5.32 Å². The number of nitrogens with one attached hydrogen (secondary N) is 1. The lowest BCUT2D eigenvalue weighted by atomic mass is 10.0. The van der Waals surface area contributed by atoms with Crippen molar-refractivity contribution in [2.24, 2.45) is 0 Å². The van der Waals surface area contributed by atoms with Crippen molar-refractivity contribution in [2.75, 3.05) is 5.88 Å². The summed E-state index contributed by atoms with van der Waals surface area (Å²) >= 11 is 11.9. The van der Waals surface area contributed by atoms with E-state index in [9.17, 15) is 9.59 Å². The van der Waals surface area contributed by atoms with E-state index in [2.05, 4.69) is 5.32 Å². The van der Waals surface area contributed by atoms with Gasteiger partial charge in [-0.25, -0.2) is 0 Å². The van der Waals surface area contributed by atoms with Crippen LogP contribution in [-0.2, 0) is 16.1 Å². The molecule has 0 heterocycles. The van der Waals surface area contributed by atoms with Gasteiger partial charge < -0.3 is 10.2 Å². The maximum atomic E-state index is 13.3. The number of carbonyl (C=O) groups excluding carboxylic acids is 2. The van der Waals surface area contributed by atoms with Crippen LogP contribution in [-0.4, -0.2) is 28.6 Å². The van der Waals surface area contributed by atoms with Crippen LogP contribution in [0.4, 0.5) is 0 Å². The molecule has 0 saturated heterocycles. The van der Waals surface area contributed by atoms with Gasteiger partial charge in [-0.05, 0) is 43.0 Å². The molecule has 1 atom stereocenters. The second kappa shape index (κ2) is 10.1. The fraction of sp³-hybridized carbons (Fsp3) is 0.391. The van der Waals surface area contributed by atoms with Crippen molar-refractivity contribution in [3.8, 4) is 0 Å². The average Bonchev–Trinajstić information content (AvgIpc) is 3.22. The highest BCUT2D eigenvalue weighted by Gasteiger charge is 2.32. The minimum Gasteiger partial charge on any atom is -0.351 e. The largest absolute Gasteiger partial charge is 0.351 e. The molecule has 1 aliphatic rings. The topological polar surface area (TPSA) is 49.4 Å². The Morgan fingerprint density at radius 1 is 1.07 bits per heavy atom. The number of nitrogens with zero attached hydrogens (tertiary/aromatic N) is 1. The monoisotopic (exact) mass is 432 g/mol. The Morgan fingerprint density at radius 2 is 1.69 bits per heavy atom. The molecule has 0 spiro atoms. The Bertz CT molecular complexity index is 831. The van der Waals surface area contributed by atoms with Gasteiger partial charge in [-0.1, -0.05) is 66.4 Å². The maximum absolute atomic E-state index is 13.3. The summed E-state index contributed by atoms with van der Waals surface area (Å²) in [7, 11) is 0. The number of amides is 2. The second-order valence-corrected chi connectivity index (χ2v) is 8.29. The van der Waals surface area contributed by atoms with E-state index in [1.54, 1.807) is 17.0 Å². The molecule has 29 heavy (non-hydrogen) atoms. The smallest absolute Gasteiger partial charge is 0.247 e. The number of hydrogen-bond acceptors (Lipinski definition) is 2. The number of carbonyl (C=O) groups is 2. The van der Waals surface area contributed by atoms with Crippen molar-refractivity contribution >= 4 is 35.0 Å². The zero-order valence-corrected chi connectivity index (χ0v) is 18.0. The summed E-state index contributed by atoms with van der Waals surface area (Å²) < 4.78 is 0. The van der Waals surface area contributed by atoms with E-state index < -0.39 is 6.04 Å². The first kappa shape index (κ1) is 21.7. The van der Waals surface area contributed by atoms with Crippen LogP contribution in [0.3, 0.4) is 0 Å². The van der Waals surface area contributed by atoms with Gasteiger partial charge in [-0.3, -0.25) is 9.59 Å². The standard InChI is InChI=1S/C23H26Cl2N2O2/c1-16-6-10-18(11-7-16)22(23(29)26-20-4-2-3-5-20)27(21(28)14-24)15-17-8-12-19(25)13-9-17/h6-13,20,22H,2-5,14-15H2,1H3,(H,26,29)/t22-/m1/s1. The third-order valence-corrected chi connectivity index (χ3v) is 5.84. The predicted octanol–water partition coefficient (Wildman–Crippen LogP) is 5.02. The molecule has 1 aliphatic carbocycles. The van der Waals surface area contributed by atoms with Crippen LogP contribution in [0, 0.1) is 6.92 Å². The molecule has 0 bridgehead atoms. The Balaban J connectivity index is 1.94. The fourth-order valence-electron chi connectivity index (χ4n) is 3.76. The highest BCUT2D eigenvalue weighted by atomic mass is 35.5. The quantitative estimate of drug-likeness (QED) is 0.624. The molecule has 2 aromatic carbocycles. The third kappa shape index (κ3) is 5.74. The van der Waals surface area contributed by atoms with Gasteiger partial charge in [0.25, 0.3) is 0 Å². The number of hydrogen-bond donors (Lipinski definition) is 1. The van der Waals surface area contributed by atoms with Crippen LogP contribution in [0.1, 0.15) is 48.4 Å². The summed E-state index contributed by atoms with van der Waals surface area (Å²) in [6, 6.07) is 14.4. The molecule has 1 saturated carbocycles.